The van der Waals surface area contributed by atoms with Gasteiger partial charge in [0.1, 0.15) is 18.5 Å². The second kappa shape index (κ2) is 13.0. The number of ether oxygens (including phenoxy) is 2. The summed E-state index contributed by atoms with van der Waals surface area (Å²) >= 11 is 0. The maximum Gasteiger partial charge on any atom is 0.243 e. The van der Waals surface area contributed by atoms with E-state index in [0.717, 1.165) is 23.2 Å². The Balaban J connectivity index is 1.10. The number of hydrogen-bond acceptors (Lipinski definition) is 9. The zero-order chi connectivity index (χ0) is 30.7. The summed E-state index contributed by atoms with van der Waals surface area (Å²) in [5.74, 6) is 0.347. The van der Waals surface area contributed by atoms with Gasteiger partial charge in [-0.1, -0.05) is 18.2 Å². The highest BCUT2D eigenvalue weighted by Crippen LogP contribution is 2.37. The van der Waals surface area contributed by atoms with Crippen LogP contribution in [0.1, 0.15) is 25.0 Å². The largest absolute Gasteiger partial charge is 0.491 e. The predicted molar refractivity (Wildman–Crippen MR) is 162 cm³/mol. The van der Waals surface area contributed by atoms with Crippen LogP contribution in [0.5, 0.6) is 5.75 Å². The minimum atomic E-state index is -3.66. The van der Waals surface area contributed by atoms with E-state index >= 15 is 0 Å². The van der Waals surface area contributed by atoms with E-state index in [2.05, 4.69) is 15.0 Å². The average Bonchev–Trinajstić information content (AvgIpc) is 3.41. The van der Waals surface area contributed by atoms with Crippen LogP contribution in [0.15, 0.2) is 76.7 Å². The Bertz CT molecular complexity index is 1640. The molecule has 3 aromatic rings. The molecule has 3 heterocycles. The predicted octanol–water partition coefficient (Wildman–Crippen LogP) is 2.31. The van der Waals surface area contributed by atoms with Crippen LogP contribution in [0, 0.1) is 6.92 Å². The second-order valence-electron chi connectivity index (χ2n) is 11.1. The van der Waals surface area contributed by atoms with E-state index in [9.17, 15) is 21.9 Å². The molecule has 2 atom stereocenters. The Hall–Kier alpha value is -2.91. The first-order chi connectivity index (χ1) is 20.5. The average molecular weight is 631 g/mol. The van der Waals surface area contributed by atoms with E-state index in [1.165, 1.54) is 23.5 Å². The summed E-state index contributed by atoms with van der Waals surface area (Å²) < 4.78 is 66.6. The number of pyridine rings is 1. The van der Waals surface area contributed by atoms with Crippen LogP contribution in [0.25, 0.3) is 11.1 Å². The molecule has 2 saturated heterocycles. The molecule has 5 rings (SSSR count). The molecule has 2 fully saturated rings. The van der Waals surface area contributed by atoms with Gasteiger partial charge in [0.15, 0.2) is 0 Å². The maximum atomic E-state index is 13.5. The molecule has 2 aliphatic rings. The van der Waals surface area contributed by atoms with Crippen molar-refractivity contribution in [1.29, 1.82) is 0 Å². The number of nitrogens with one attached hydrogen (secondary N) is 2. The molecule has 1 unspecified atom stereocenters. The van der Waals surface area contributed by atoms with Gasteiger partial charge in [-0.3, -0.25) is 4.98 Å². The Labute approximate surface area is 253 Å². The molecular weight excluding hydrogens is 592 g/mol. The number of piperidine rings is 1. The van der Waals surface area contributed by atoms with Crippen molar-refractivity contribution >= 4 is 20.0 Å². The Kier molecular flexibility index (Phi) is 9.52. The molecule has 0 aliphatic carbocycles. The number of aliphatic hydroxyl groups excluding tert-OH is 1. The van der Waals surface area contributed by atoms with Crippen molar-refractivity contribution in [3.05, 3.63) is 72.6 Å². The second-order valence-corrected chi connectivity index (χ2v) is 14.9. The lowest BCUT2D eigenvalue weighted by Gasteiger charge is -2.38. The summed E-state index contributed by atoms with van der Waals surface area (Å²) in [4.78, 5) is 4.58. The minimum absolute atomic E-state index is 0.0104. The number of benzene rings is 2. The third-order valence-electron chi connectivity index (χ3n) is 8.01. The molecule has 2 aromatic carbocycles. The van der Waals surface area contributed by atoms with Gasteiger partial charge in [0, 0.05) is 43.6 Å². The fourth-order valence-electron chi connectivity index (χ4n) is 5.57. The molecule has 0 saturated carbocycles. The zero-order valence-corrected chi connectivity index (χ0v) is 25.9. The van der Waals surface area contributed by atoms with Gasteiger partial charge in [-0.15, -0.1) is 0 Å². The molecule has 232 valence electrons. The molecule has 3 N–H and O–H groups in total. The van der Waals surface area contributed by atoms with Gasteiger partial charge >= 0.3 is 0 Å². The monoisotopic (exact) mass is 630 g/mol. The lowest BCUT2D eigenvalue weighted by Crippen LogP contribution is -2.47. The summed E-state index contributed by atoms with van der Waals surface area (Å²) in [6, 6.07) is 16.9. The minimum Gasteiger partial charge on any atom is -0.491 e. The van der Waals surface area contributed by atoms with Crippen LogP contribution < -0.4 is 14.8 Å². The summed E-state index contributed by atoms with van der Waals surface area (Å²) in [5, 5.41) is 13.8. The number of aliphatic hydroxyl groups is 1. The topological polar surface area (TPSA) is 147 Å². The van der Waals surface area contributed by atoms with Crippen LogP contribution in [0.2, 0.25) is 0 Å². The number of sulfonamides is 2. The molecule has 13 heteroatoms. The van der Waals surface area contributed by atoms with Crippen molar-refractivity contribution in [2.75, 3.05) is 39.9 Å². The van der Waals surface area contributed by atoms with Gasteiger partial charge < -0.3 is 19.9 Å². The molecule has 0 bridgehead atoms. The van der Waals surface area contributed by atoms with Gasteiger partial charge in [-0.05, 0) is 80.8 Å². The Morgan fingerprint density at radius 2 is 1.77 bits per heavy atom. The summed E-state index contributed by atoms with van der Waals surface area (Å²) in [6.07, 6.45) is 2.79. The fourth-order valence-corrected chi connectivity index (χ4v) is 7.82. The normalized spacial score (nSPS) is 19.8. The molecule has 1 spiro atoms. The van der Waals surface area contributed by atoms with Gasteiger partial charge in [0.2, 0.25) is 20.0 Å². The third kappa shape index (κ3) is 7.43. The highest BCUT2D eigenvalue weighted by Gasteiger charge is 2.44. The van der Waals surface area contributed by atoms with E-state index in [0.29, 0.717) is 38.3 Å². The maximum absolute atomic E-state index is 13.5. The van der Waals surface area contributed by atoms with Crippen molar-refractivity contribution in [2.24, 2.45) is 0 Å². The SMILES string of the molecule is CNS(=O)(=O)c1cccc(OC[C@@H](O)CNC2COC3(CCN(S(=O)(=O)c4cccc(-c5ccnc(C)c5)c4)CC3)C2)c1. The zero-order valence-electron chi connectivity index (χ0n) is 24.3. The fraction of sp³-hybridized carbons (Fsp3) is 0.433. The van der Waals surface area contributed by atoms with Crippen molar-refractivity contribution in [3.8, 4) is 16.9 Å². The van der Waals surface area contributed by atoms with E-state index in [1.807, 2.05) is 25.1 Å². The Morgan fingerprint density at radius 3 is 2.51 bits per heavy atom. The number of aryl methyl sites for hydroxylation is 1. The van der Waals surface area contributed by atoms with E-state index in [4.69, 9.17) is 9.47 Å². The van der Waals surface area contributed by atoms with E-state index in [-0.39, 0.29) is 29.0 Å². The van der Waals surface area contributed by atoms with Crippen molar-refractivity contribution in [2.45, 2.75) is 53.7 Å². The summed E-state index contributed by atoms with van der Waals surface area (Å²) in [7, 11) is -5.92. The molecule has 1 aromatic heterocycles. The number of hydrogen-bond donors (Lipinski definition) is 3. The van der Waals surface area contributed by atoms with Crippen molar-refractivity contribution in [3.63, 3.8) is 0 Å². The first-order valence-corrected chi connectivity index (χ1v) is 17.2. The number of nitrogens with zero attached hydrogens (tertiary/aromatic N) is 2. The number of aromatic nitrogens is 1. The first-order valence-electron chi connectivity index (χ1n) is 14.2. The highest BCUT2D eigenvalue weighted by atomic mass is 32.2. The molecule has 11 nitrogen and oxygen atoms in total. The van der Waals surface area contributed by atoms with E-state index in [1.54, 1.807) is 36.5 Å². The standard InChI is InChI=1S/C30H38N4O7S2/c1-22-15-24(9-12-32-22)23-5-3-8-29(16-23)43(38,39)34-13-10-30(11-14-34)18-25(20-41-30)33-19-26(35)21-40-27-6-4-7-28(17-27)42(36,37)31-2/h3-9,12,15-17,25-26,31,33,35H,10-11,13-14,18-21H2,1-2H3/t25?,26-/m0/s1. The van der Waals surface area contributed by atoms with Gasteiger partial charge in [-0.25, -0.2) is 21.6 Å². The quantitative estimate of drug-likeness (QED) is 0.290. The summed E-state index contributed by atoms with van der Waals surface area (Å²) in [6.45, 7) is 3.37. The lowest BCUT2D eigenvalue weighted by atomic mass is 9.88. The van der Waals surface area contributed by atoms with E-state index < -0.39 is 31.8 Å². The summed E-state index contributed by atoms with van der Waals surface area (Å²) in [5.41, 5.74) is 2.22. The van der Waals surface area contributed by atoms with Crippen molar-refractivity contribution < 1.29 is 31.4 Å². The van der Waals surface area contributed by atoms with Gasteiger partial charge in [0.05, 0.1) is 22.0 Å². The third-order valence-corrected chi connectivity index (χ3v) is 11.3. The van der Waals surface area contributed by atoms with Crippen LogP contribution >= 0.6 is 0 Å². The van der Waals surface area contributed by atoms with Gasteiger partial charge in [0.25, 0.3) is 0 Å². The van der Waals surface area contributed by atoms with Crippen LogP contribution in [0.4, 0.5) is 0 Å². The first kappa shape index (κ1) is 31.5. The van der Waals surface area contributed by atoms with Crippen LogP contribution in [-0.4, -0.2) is 88.9 Å². The lowest BCUT2D eigenvalue weighted by molar-refractivity contribution is -0.0312. The number of rotatable bonds is 11. The smallest absolute Gasteiger partial charge is 0.243 e. The van der Waals surface area contributed by atoms with Crippen LogP contribution in [-0.2, 0) is 24.8 Å². The van der Waals surface area contributed by atoms with Gasteiger partial charge in [-0.2, -0.15) is 4.31 Å². The molecule has 0 radical (unpaired) electrons. The molecule has 2 aliphatic heterocycles. The highest BCUT2D eigenvalue weighted by molar-refractivity contribution is 7.89. The molecule has 0 amide bonds. The molecular formula is C30H38N4O7S2. The van der Waals surface area contributed by atoms with Crippen LogP contribution in [0.3, 0.4) is 0 Å². The van der Waals surface area contributed by atoms with Crippen molar-refractivity contribution in [1.82, 2.24) is 19.3 Å². The molecule has 43 heavy (non-hydrogen) atoms. The Morgan fingerprint density at radius 1 is 1.05 bits per heavy atom.